The number of nitrogens with zero attached hydrogens (tertiary/aromatic N) is 2. The number of aromatic nitrogens is 1. The van der Waals surface area contributed by atoms with Crippen LogP contribution in [-0.2, 0) is 21.4 Å². The summed E-state index contributed by atoms with van der Waals surface area (Å²) >= 11 is 0. The Morgan fingerprint density at radius 2 is 1.86 bits per heavy atom. The van der Waals surface area contributed by atoms with Crippen molar-refractivity contribution < 1.29 is 44.3 Å². The van der Waals surface area contributed by atoms with Crippen LogP contribution in [0.3, 0.4) is 0 Å². The second-order valence-electron chi connectivity index (χ2n) is 8.88. The standard InChI is InChI=1S/C22H20F6N2O4S/c1-12(21(23,24)25)34-16-7-6-14(35(2,32)33)8-15(16)19(31)30-10-13-9-20(13,11-30)17-4-3-5-18(29-17)22(26,27)28/h3-8,12-13H,9-11H2,1-2H3/t12-,13?,20+/m1/s1. The number of hydrogen-bond donors (Lipinski definition) is 0. The van der Waals surface area contributed by atoms with Crippen molar-refractivity contribution in [3.05, 3.63) is 53.3 Å². The van der Waals surface area contributed by atoms with E-state index in [1.165, 1.54) is 17.0 Å². The second kappa shape index (κ2) is 8.10. The minimum atomic E-state index is -4.73. The number of ether oxygens (including phenoxy) is 1. The monoisotopic (exact) mass is 522 g/mol. The highest BCUT2D eigenvalue weighted by atomic mass is 32.2. The van der Waals surface area contributed by atoms with Gasteiger partial charge in [-0.05, 0) is 49.6 Å². The lowest BCUT2D eigenvalue weighted by Gasteiger charge is -2.24. The van der Waals surface area contributed by atoms with Gasteiger partial charge in [-0.1, -0.05) is 6.07 Å². The topological polar surface area (TPSA) is 76.6 Å². The number of fused-ring (bicyclic) bond motifs is 1. The van der Waals surface area contributed by atoms with Gasteiger partial charge in [0.05, 0.1) is 10.5 Å². The molecule has 2 aromatic rings. The Balaban J connectivity index is 1.65. The quantitative estimate of drug-likeness (QED) is 0.549. The van der Waals surface area contributed by atoms with Gasteiger partial charge in [-0.3, -0.25) is 4.79 Å². The Bertz CT molecular complexity index is 1280. The molecule has 13 heteroatoms. The van der Waals surface area contributed by atoms with E-state index < -0.39 is 51.1 Å². The summed E-state index contributed by atoms with van der Waals surface area (Å²) in [5, 5.41) is 0. The van der Waals surface area contributed by atoms with E-state index in [0.29, 0.717) is 6.42 Å². The number of rotatable bonds is 5. The third kappa shape index (κ3) is 4.82. The number of carbonyl (C=O) groups excluding carboxylic acids is 1. The lowest BCUT2D eigenvalue weighted by Crippen LogP contribution is -2.35. The number of alkyl halides is 6. The highest BCUT2D eigenvalue weighted by Gasteiger charge is 2.63. The highest BCUT2D eigenvalue weighted by molar-refractivity contribution is 7.90. The Kier molecular flexibility index (Phi) is 5.85. The van der Waals surface area contributed by atoms with E-state index in [9.17, 15) is 39.6 Å². The Hall–Kier alpha value is -2.83. The molecule has 190 valence electrons. The molecule has 1 aliphatic heterocycles. The Morgan fingerprint density at radius 3 is 2.46 bits per heavy atom. The molecule has 3 atom stereocenters. The summed E-state index contributed by atoms with van der Waals surface area (Å²) in [4.78, 5) is 18.1. The van der Waals surface area contributed by atoms with Gasteiger partial charge < -0.3 is 9.64 Å². The van der Waals surface area contributed by atoms with Crippen molar-refractivity contribution in [2.75, 3.05) is 19.3 Å². The van der Waals surface area contributed by atoms with Gasteiger partial charge in [-0.15, -0.1) is 0 Å². The molecule has 1 amide bonds. The Labute approximate surface area is 196 Å². The number of halogens is 6. The van der Waals surface area contributed by atoms with Crippen LogP contribution in [0.5, 0.6) is 5.75 Å². The van der Waals surface area contributed by atoms with Gasteiger partial charge in [0.2, 0.25) is 0 Å². The average molecular weight is 522 g/mol. The minimum absolute atomic E-state index is 0.0117. The van der Waals surface area contributed by atoms with Crippen molar-refractivity contribution in [2.24, 2.45) is 5.92 Å². The molecule has 2 fully saturated rings. The second-order valence-corrected chi connectivity index (χ2v) is 10.9. The zero-order valence-corrected chi connectivity index (χ0v) is 19.3. The molecule has 1 unspecified atom stereocenters. The minimum Gasteiger partial charge on any atom is -0.480 e. The fourth-order valence-electron chi connectivity index (χ4n) is 4.34. The van der Waals surface area contributed by atoms with Crippen molar-refractivity contribution >= 4 is 15.7 Å². The van der Waals surface area contributed by atoms with Gasteiger partial charge >= 0.3 is 12.4 Å². The van der Waals surface area contributed by atoms with E-state index in [-0.39, 0.29) is 35.2 Å². The summed E-state index contributed by atoms with van der Waals surface area (Å²) in [5.74, 6) is -1.41. The zero-order chi connectivity index (χ0) is 26.0. The number of carbonyl (C=O) groups is 1. The van der Waals surface area contributed by atoms with Gasteiger partial charge in [-0.25, -0.2) is 13.4 Å². The third-order valence-corrected chi connectivity index (χ3v) is 7.47. The van der Waals surface area contributed by atoms with Crippen molar-refractivity contribution in [1.29, 1.82) is 0 Å². The van der Waals surface area contributed by atoms with Crippen LogP contribution in [-0.4, -0.2) is 55.8 Å². The molecule has 0 radical (unpaired) electrons. The van der Waals surface area contributed by atoms with E-state index in [0.717, 1.165) is 37.4 Å². The van der Waals surface area contributed by atoms with E-state index >= 15 is 0 Å². The van der Waals surface area contributed by atoms with E-state index in [4.69, 9.17) is 4.74 Å². The summed E-state index contributed by atoms with van der Waals surface area (Å²) in [7, 11) is -3.80. The van der Waals surface area contributed by atoms with Crippen LogP contribution in [0.1, 0.15) is 35.1 Å². The van der Waals surface area contributed by atoms with Gasteiger partial charge in [-0.2, -0.15) is 26.3 Å². The van der Waals surface area contributed by atoms with Crippen molar-refractivity contribution in [2.45, 2.75) is 42.1 Å². The lowest BCUT2D eigenvalue weighted by molar-refractivity contribution is -0.189. The number of pyridine rings is 1. The van der Waals surface area contributed by atoms with Crippen LogP contribution in [0.2, 0.25) is 0 Å². The molecular formula is C22H20F6N2O4S. The molecule has 2 heterocycles. The smallest absolute Gasteiger partial charge is 0.433 e. The predicted molar refractivity (Wildman–Crippen MR) is 111 cm³/mol. The first-order chi connectivity index (χ1) is 16.0. The van der Waals surface area contributed by atoms with Crippen molar-refractivity contribution in [3.8, 4) is 5.75 Å². The molecule has 1 aliphatic carbocycles. The number of amides is 1. The first kappa shape index (κ1) is 25.3. The fourth-order valence-corrected chi connectivity index (χ4v) is 4.99. The van der Waals surface area contributed by atoms with Gasteiger partial charge in [0.25, 0.3) is 5.91 Å². The molecule has 35 heavy (non-hydrogen) atoms. The summed E-state index contributed by atoms with van der Waals surface area (Å²) in [6, 6.07) is 6.52. The molecule has 6 nitrogen and oxygen atoms in total. The number of likely N-dealkylation sites (tertiary alicyclic amines) is 1. The fraction of sp³-hybridized carbons (Fsp3) is 0.455. The largest absolute Gasteiger partial charge is 0.480 e. The molecule has 4 rings (SSSR count). The maximum absolute atomic E-state index is 13.3. The summed E-state index contributed by atoms with van der Waals surface area (Å²) in [6.07, 6.45) is -10.3. The average Bonchev–Trinajstić information content (AvgIpc) is 3.32. The van der Waals surface area contributed by atoms with Gasteiger partial charge in [0, 0.05) is 30.5 Å². The van der Waals surface area contributed by atoms with E-state index in [2.05, 4.69) is 4.98 Å². The van der Waals surface area contributed by atoms with Crippen LogP contribution in [0.15, 0.2) is 41.3 Å². The molecule has 0 bridgehead atoms. The third-order valence-electron chi connectivity index (χ3n) is 6.36. The molecular weight excluding hydrogens is 502 g/mol. The van der Waals surface area contributed by atoms with Crippen molar-refractivity contribution in [3.63, 3.8) is 0 Å². The van der Waals surface area contributed by atoms with Crippen molar-refractivity contribution in [1.82, 2.24) is 9.88 Å². The van der Waals surface area contributed by atoms with Crippen LogP contribution < -0.4 is 4.74 Å². The highest BCUT2D eigenvalue weighted by Crippen LogP contribution is 2.59. The zero-order valence-electron chi connectivity index (χ0n) is 18.4. The molecule has 0 N–H and O–H groups in total. The van der Waals surface area contributed by atoms with E-state index in [1.54, 1.807) is 0 Å². The number of piperidine rings is 1. The molecule has 1 aromatic carbocycles. The number of hydrogen-bond acceptors (Lipinski definition) is 5. The molecule has 2 aliphatic rings. The predicted octanol–water partition coefficient (Wildman–Crippen LogP) is 4.25. The van der Waals surface area contributed by atoms with Gasteiger partial charge in [0.15, 0.2) is 15.9 Å². The van der Waals surface area contributed by atoms with Crippen LogP contribution in [0.4, 0.5) is 26.3 Å². The Morgan fingerprint density at radius 1 is 1.17 bits per heavy atom. The first-order valence-electron chi connectivity index (χ1n) is 10.4. The van der Waals surface area contributed by atoms with Crippen LogP contribution >= 0.6 is 0 Å². The molecule has 0 spiro atoms. The van der Waals surface area contributed by atoms with Crippen LogP contribution in [0.25, 0.3) is 0 Å². The SMILES string of the molecule is C[C@@H](Oc1ccc(S(C)(=O)=O)cc1C(=O)N1CC2C[C@]2(c2cccc(C(F)(F)F)n2)C1)C(F)(F)F. The van der Waals surface area contributed by atoms with Crippen LogP contribution in [0, 0.1) is 5.92 Å². The summed E-state index contributed by atoms with van der Waals surface area (Å²) in [6.45, 7) is 0.869. The van der Waals surface area contributed by atoms with Gasteiger partial charge in [0.1, 0.15) is 11.4 Å². The lowest BCUT2D eigenvalue weighted by atomic mass is 10.00. The number of benzene rings is 1. The normalized spacial score (nSPS) is 23.1. The maximum atomic E-state index is 13.3. The maximum Gasteiger partial charge on any atom is 0.433 e. The molecule has 1 saturated heterocycles. The summed E-state index contributed by atoms with van der Waals surface area (Å²) in [5.41, 5.74) is -2.05. The summed E-state index contributed by atoms with van der Waals surface area (Å²) < 4.78 is 107. The molecule has 1 aromatic heterocycles. The first-order valence-corrected chi connectivity index (χ1v) is 12.3. The number of sulfone groups is 1. The molecule has 1 saturated carbocycles. The van der Waals surface area contributed by atoms with E-state index in [1.807, 2.05) is 0 Å².